The Labute approximate surface area is 144 Å². The van der Waals surface area contributed by atoms with Crippen LogP contribution in [0.25, 0.3) is 6.08 Å². The molecule has 2 aromatic rings. The lowest BCUT2D eigenvalue weighted by molar-refractivity contribution is 0.104. The van der Waals surface area contributed by atoms with Crippen LogP contribution in [0.3, 0.4) is 0 Å². The van der Waals surface area contributed by atoms with Gasteiger partial charge in [-0.3, -0.25) is 4.79 Å². The number of ketones is 1. The molecule has 0 fully saturated rings. The van der Waals surface area contributed by atoms with E-state index in [0.29, 0.717) is 22.8 Å². The van der Waals surface area contributed by atoms with Gasteiger partial charge in [-0.15, -0.1) is 0 Å². The molecule has 0 atom stereocenters. The van der Waals surface area contributed by atoms with Crippen LogP contribution in [0.5, 0.6) is 23.0 Å². The van der Waals surface area contributed by atoms with Gasteiger partial charge in [-0.05, 0) is 25.1 Å². The third-order valence-electron chi connectivity index (χ3n) is 3.45. The Kier molecular flexibility index (Phi) is 5.49. The summed E-state index contributed by atoms with van der Waals surface area (Å²) in [6, 6.07) is 4.44. The number of benzene rings is 1. The molecule has 0 aliphatic rings. The van der Waals surface area contributed by atoms with Crippen LogP contribution in [0.15, 0.2) is 33.5 Å². The Morgan fingerprint density at radius 3 is 2.20 bits per heavy atom. The van der Waals surface area contributed by atoms with Crippen LogP contribution < -0.4 is 19.8 Å². The summed E-state index contributed by atoms with van der Waals surface area (Å²) in [6.07, 6.45) is 2.59. The fraction of sp³-hybridized carbons (Fsp3) is 0.222. The molecule has 132 valence electrons. The van der Waals surface area contributed by atoms with Gasteiger partial charge in [-0.1, -0.05) is 0 Å². The molecule has 0 radical (unpaired) electrons. The molecule has 0 aliphatic carbocycles. The third-order valence-corrected chi connectivity index (χ3v) is 3.45. The van der Waals surface area contributed by atoms with E-state index in [1.165, 1.54) is 40.4 Å². The Morgan fingerprint density at radius 2 is 1.64 bits per heavy atom. The number of carbonyl (C=O) groups is 1. The Hall–Kier alpha value is -3.22. The van der Waals surface area contributed by atoms with Gasteiger partial charge in [0.25, 0.3) is 0 Å². The second kappa shape index (κ2) is 7.57. The van der Waals surface area contributed by atoms with Crippen LogP contribution in [0.2, 0.25) is 0 Å². The first-order valence-electron chi connectivity index (χ1n) is 7.27. The van der Waals surface area contributed by atoms with Crippen LogP contribution in [-0.2, 0) is 0 Å². The molecule has 1 aromatic carbocycles. The van der Waals surface area contributed by atoms with E-state index in [9.17, 15) is 14.7 Å². The summed E-state index contributed by atoms with van der Waals surface area (Å²) in [5, 5.41) is 9.82. The molecule has 7 heteroatoms. The summed E-state index contributed by atoms with van der Waals surface area (Å²) in [4.78, 5) is 24.0. The highest BCUT2D eigenvalue weighted by molar-refractivity contribution is 6.08. The average molecular weight is 346 g/mol. The van der Waals surface area contributed by atoms with Crippen molar-refractivity contribution in [1.29, 1.82) is 0 Å². The standard InChI is InChI=1S/C18H18O7/c1-10-7-13(20)17(18(21)25-10)12(19)6-5-11-8-15(23-3)16(24-4)9-14(11)22-2/h5-9,20H,1-4H3. The smallest absolute Gasteiger partial charge is 0.351 e. The molecule has 0 bridgehead atoms. The van der Waals surface area contributed by atoms with Gasteiger partial charge < -0.3 is 23.7 Å². The highest BCUT2D eigenvalue weighted by atomic mass is 16.5. The third kappa shape index (κ3) is 3.82. The number of hydrogen-bond donors (Lipinski definition) is 1. The van der Waals surface area contributed by atoms with Crippen molar-refractivity contribution in [3.05, 3.63) is 51.6 Å². The van der Waals surface area contributed by atoms with Gasteiger partial charge >= 0.3 is 5.63 Å². The van der Waals surface area contributed by atoms with Gasteiger partial charge in [0.05, 0.1) is 21.3 Å². The quantitative estimate of drug-likeness (QED) is 0.634. The van der Waals surface area contributed by atoms with Crippen molar-refractivity contribution in [2.24, 2.45) is 0 Å². The number of methoxy groups -OCH3 is 3. The molecule has 1 heterocycles. The van der Waals surface area contributed by atoms with Crippen LogP contribution >= 0.6 is 0 Å². The molecular formula is C18H18O7. The van der Waals surface area contributed by atoms with Crippen molar-refractivity contribution in [3.8, 4) is 23.0 Å². The van der Waals surface area contributed by atoms with E-state index < -0.39 is 22.7 Å². The summed E-state index contributed by atoms with van der Waals surface area (Å²) in [5.41, 5.74) is -0.794. The lowest BCUT2D eigenvalue weighted by Gasteiger charge is -2.12. The van der Waals surface area contributed by atoms with E-state index in [1.807, 2.05) is 0 Å². The normalized spacial score (nSPS) is 10.7. The van der Waals surface area contributed by atoms with Gasteiger partial charge in [0.15, 0.2) is 17.3 Å². The topological polar surface area (TPSA) is 95.2 Å². The maximum atomic E-state index is 12.2. The highest BCUT2D eigenvalue weighted by Gasteiger charge is 2.16. The van der Waals surface area contributed by atoms with E-state index in [1.54, 1.807) is 12.1 Å². The first-order valence-corrected chi connectivity index (χ1v) is 7.27. The predicted molar refractivity (Wildman–Crippen MR) is 90.8 cm³/mol. The van der Waals surface area contributed by atoms with Gasteiger partial charge in [-0.2, -0.15) is 0 Å². The van der Waals surface area contributed by atoms with Gasteiger partial charge in [0, 0.05) is 17.7 Å². The van der Waals surface area contributed by atoms with Crippen LogP contribution in [0, 0.1) is 6.92 Å². The van der Waals surface area contributed by atoms with Crippen molar-refractivity contribution >= 4 is 11.9 Å². The second-order valence-corrected chi connectivity index (χ2v) is 5.05. The van der Waals surface area contributed by atoms with Crippen molar-refractivity contribution in [1.82, 2.24) is 0 Å². The minimum atomic E-state index is -0.897. The number of rotatable bonds is 6. The summed E-state index contributed by atoms with van der Waals surface area (Å²) in [7, 11) is 4.45. The van der Waals surface area contributed by atoms with Crippen molar-refractivity contribution < 1.29 is 28.5 Å². The number of ether oxygens (including phenoxy) is 3. The number of aryl methyl sites for hydroxylation is 1. The van der Waals surface area contributed by atoms with Crippen molar-refractivity contribution in [2.45, 2.75) is 6.92 Å². The van der Waals surface area contributed by atoms with Crippen LogP contribution in [0.4, 0.5) is 0 Å². The minimum absolute atomic E-state index is 0.213. The van der Waals surface area contributed by atoms with Crippen LogP contribution in [0.1, 0.15) is 21.7 Å². The van der Waals surface area contributed by atoms with Gasteiger partial charge in [-0.25, -0.2) is 4.79 Å². The zero-order valence-electron chi connectivity index (χ0n) is 14.3. The zero-order valence-corrected chi connectivity index (χ0v) is 14.3. The van der Waals surface area contributed by atoms with Gasteiger partial charge in [0.2, 0.25) is 0 Å². The molecule has 0 saturated carbocycles. The lowest BCUT2D eigenvalue weighted by atomic mass is 10.1. The van der Waals surface area contributed by atoms with E-state index >= 15 is 0 Å². The van der Waals surface area contributed by atoms with E-state index in [4.69, 9.17) is 18.6 Å². The SMILES string of the molecule is COc1cc(OC)c(OC)cc1C=CC(=O)c1c(O)cc(C)oc1=O. The number of hydrogen-bond acceptors (Lipinski definition) is 7. The maximum absolute atomic E-state index is 12.2. The summed E-state index contributed by atoms with van der Waals surface area (Å²) < 4.78 is 20.5. The molecular weight excluding hydrogens is 328 g/mol. The first-order chi connectivity index (χ1) is 11.9. The Morgan fingerprint density at radius 1 is 1.04 bits per heavy atom. The molecule has 0 aliphatic heterocycles. The summed E-state index contributed by atoms with van der Waals surface area (Å²) in [5.74, 6) is 0.463. The maximum Gasteiger partial charge on any atom is 0.351 e. The van der Waals surface area contributed by atoms with Crippen molar-refractivity contribution in [3.63, 3.8) is 0 Å². The Bertz CT molecular complexity index is 878. The largest absolute Gasteiger partial charge is 0.507 e. The van der Waals surface area contributed by atoms with Crippen LogP contribution in [-0.4, -0.2) is 32.2 Å². The van der Waals surface area contributed by atoms with E-state index in [0.717, 1.165) is 6.08 Å². The molecule has 0 spiro atoms. The highest BCUT2D eigenvalue weighted by Crippen LogP contribution is 2.35. The molecule has 7 nitrogen and oxygen atoms in total. The molecule has 0 saturated heterocycles. The fourth-order valence-corrected chi connectivity index (χ4v) is 2.25. The zero-order chi connectivity index (χ0) is 18.6. The fourth-order valence-electron chi connectivity index (χ4n) is 2.25. The molecule has 2 rings (SSSR count). The minimum Gasteiger partial charge on any atom is -0.507 e. The molecule has 1 aromatic heterocycles. The lowest BCUT2D eigenvalue weighted by Crippen LogP contribution is -2.13. The predicted octanol–water partition coefficient (Wildman–Crippen LogP) is 2.58. The number of carbonyl (C=O) groups excluding carboxylic acids is 1. The van der Waals surface area contributed by atoms with Crippen molar-refractivity contribution in [2.75, 3.05) is 21.3 Å². The Balaban J connectivity index is 2.42. The number of aromatic hydroxyl groups is 1. The second-order valence-electron chi connectivity index (χ2n) is 5.05. The summed E-state index contributed by atoms with van der Waals surface area (Å²) >= 11 is 0. The van der Waals surface area contributed by atoms with Gasteiger partial charge in [0.1, 0.15) is 22.8 Å². The molecule has 1 N–H and O–H groups in total. The molecule has 0 amide bonds. The first kappa shape index (κ1) is 18.1. The molecule has 25 heavy (non-hydrogen) atoms. The summed E-state index contributed by atoms with van der Waals surface area (Å²) in [6.45, 7) is 1.50. The van der Waals surface area contributed by atoms with E-state index in [2.05, 4.69) is 0 Å². The number of allylic oxidation sites excluding steroid dienone is 1. The molecule has 0 unspecified atom stereocenters. The van der Waals surface area contributed by atoms with E-state index in [-0.39, 0.29) is 5.76 Å². The average Bonchev–Trinajstić information content (AvgIpc) is 2.58. The monoisotopic (exact) mass is 346 g/mol.